The van der Waals surface area contributed by atoms with Gasteiger partial charge in [0.05, 0.1) is 6.04 Å². The quantitative estimate of drug-likeness (QED) is 0.609. The molecule has 0 saturated heterocycles. The van der Waals surface area contributed by atoms with Crippen LogP contribution in [0.2, 0.25) is 0 Å². The Bertz CT molecular complexity index is 1160. The number of carbonyl (C=O) groups is 2. The Kier molecular flexibility index (Phi) is 6.49. The Morgan fingerprint density at radius 2 is 1.88 bits per heavy atom. The lowest BCUT2D eigenvalue weighted by molar-refractivity contribution is -0.134. The number of anilines is 1. The topological polar surface area (TPSA) is 57.6 Å². The van der Waals surface area contributed by atoms with Crippen LogP contribution in [-0.2, 0) is 11.3 Å². The number of fused-ring (bicyclic) bond motifs is 1. The van der Waals surface area contributed by atoms with E-state index in [0.717, 1.165) is 11.3 Å². The fourth-order valence-corrected chi connectivity index (χ4v) is 4.31. The second-order valence-corrected chi connectivity index (χ2v) is 8.64. The van der Waals surface area contributed by atoms with Crippen LogP contribution in [0.25, 0.3) is 0 Å². The Labute approximate surface area is 193 Å². The normalized spacial score (nSPS) is 15.3. The van der Waals surface area contributed by atoms with Gasteiger partial charge in [-0.1, -0.05) is 30.3 Å². The van der Waals surface area contributed by atoms with E-state index in [9.17, 15) is 14.0 Å². The van der Waals surface area contributed by atoms with Gasteiger partial charge in [0.1, 0.15) is 12.4 Å². The van der Waals surface area contributed by atoms with Crippen LogP contribution in [0.5, 0.6) is 0 Å². The van der Waals surface area contributed by atoms with Gasteiger partial charge in [-0.3, -0.25) is 4.79 Å². The van der Waals surface area contributed by atoms with Gasteiger partial charge in [0, 0.05) is 36.7 Å². The first-order valence-electron chi connectivity index (χ1n) is 11.2. The zero-order valence-electron chi connectivity index (χ0n) is 19.2. The van der Waals surface area contributed by atoms with Gasteiger partial charge in [-0.15, -0.1) is 0 Å². The maximum absolute atomic E-state index is 14.0. The van der Waals surface area contributed by atoms with Gasteiger partial charge in [-0.2, -0.15) is 0 Å². The number of aryl methyl sites for hydroxylation is 1. The third-order valence-corrected chi connectivity index (χ3v) is 6.10. The fourth-order valence-electron chi connectivity index (χ4n) is 4.31. The van der Waals surface area contributed by atoms with Crippen LogP contribution in [0.15, 0.2) is 66.9 Å². The molecule has 0 radical (unpaired) electrons. The molecule has 0 aliphatic carbocycles. The molecule has 1 aromatic heterocycles. The highest BCUT2D eigenvalue weighted by Gasteiger charge is 2.34. The monoisotopic (exact) mass is 448 g/mol. The molecule has 6 nitrogen and oxygen atoms in total. The van der Waals surface area contributed by atoms with Gasteiger partial charge in [0.25, 0.3) is 0 Å². The van der Waals surface area contributed by atoms with Gasteiger partial charge >= 0.3 is 6.03 Å². The van der Waals surface area contributed by atoms with E-state index >= 15 is 0 Å². The van der Waals surface area contributed by atoms with E-state index in [0.29, 0.717) is 24.3 Å². The lowest BCUT2D eigenvalue weighted by Gasteiger charge is -2.39. The van der Waals surface area contributed by atoms with Crippen LogP contribution < -0.4 is 5.32 Å². The van der Waals surface area contributed by atoms with E-state index in [2.05, 4.69) is 9.88 Å². The highest BCUT2D eigenvalue weighted by Crippen LogP contribution is 2.33. The molecule has 2 aromatic carbocycles. The first-order valence-corrected chi connectivity index (χ1v) is 11.2. The molecule has 7 heteroatoms. The Morgan fingerprint density at radius 1 is 1.09 bits per heavy atom. The Morgan fingerprint density at radius 3 is 2.61 bits per heavy atom. The number of hydrogen-bond donors (Lipinski definition) is 1. The van der Waals surface area contributed by atoms with Crippen LogP contribution in [-0.4, -0.2) is 45.4 Å². The third kappa shape index (κ3) is 4.77. The van der Waals surface area contributed by atoms with Gasteiger partial charge in [0.15, 0.2) is 0 Å². The van der Waals surface area contributed by atoms with Crippen LogP contribution in [0.3, 0.4) is 0 Å². The number of aromatic nitrogens is 1. The number of amides is 3. The van der Waals surface area contributed by atoms with Crippen molar-refractivity contribution in [2.45, 2.75) is 39.4 Å². The minimum absolute atomic E-state index is 0.0676. The summed E-state index contributed by atoms with van der Waals surface area (Å²) in [6.45, 7) is 6.76. The van der Waals surface area contributed by atoms with Gasteiger partial charge in [-0.25, -0.2) is 9.18 Å². The van der Waals surface area contributed by atoms with Crippen molar-refractivity contribution in [2.24, 2.45) is 0 Å². The lowest BCUT2D eigenvalue weighted by Crippen LogP contribution is -2.50. The predicted octanol–water partition coefficient (Wildman–Crippen LogP) is 4.81. The molecule has 172 valence electrons. The maximum atomic E-state index is 14.0. The number of nitrogens with zero attached hydrogens (tertiary/aromatic N) is 3. The largest absolute Gasteiger partial charge is 0.348 e. The average molecular weight is 449 g/mol. The smallest absolute Gasteiger partial charge is 0.322 e. The molecule has 1 aliphatic heterocycles. The zero-order valence-corrected chi connectivity index (χ0v) is 19.2. The van der Waals surface area contributed by atoms with Gasteiger partial charge < -0.3 is 19.7 Å². The van der Waals surface area contributed by atoms with E-state index < -0.39 is 6.04 Å². The minimum Gasteiger partial charge on any atom is -0.348 e. The summed E-state index contributed by atoms with van der Waals surface area (Å²) in [4.78, 5) is 29.9. The first kappa shape index (κ1) is 22.6. The van der Waals surface area contributed by atoms with Crippen molar-refractivity contribution in [1.29, 1.82) is 0 Å². The molecule has 1 aliphatic rings. The predicted molar refractivity (Wildman–Crippen MR) is 126 cm³/mol. The van der Waals surface area contributed by atoms with Crippen molar-refractivity contribution >= 4 is 17.6 Å². The first-order chi connectivity index (χ1) is 15.8. The number of urea groups is 1. The number of hydrogen-bond acceptors (Lipinski definition) is 2. The van der Waals surface area contributed by atoms with Crippen molar-refractivity contribution in [2.75, 3.05) is 18.4 Å². The molecule has 2 heterocycles. The summed E-state index contributed by atoms with van der Waals surface area (Å²) < 4.78 is 16.1. The van der Waals surface area contributed by atoms with E-state index in [1.165, 1.54) is 17.0 Å². The number of halogens is 1. The molecule has 0 unspecified atom stereocenters. The van der Waals surface area contributed by atoms with Gasteiger partial charge in [-0.05, 0) is 62.2 Å². The van der Waals surface area contributed by atoms with E-state index in [-0.39, 0.29) is 30.3 Å². The fraction of sp³-hybridized carbons (Fsp3) is 0.308. The summed E-state index contributed by atoms with van der Waals surface area (Å²) in [5, 5.41) is 2.92. The lowest BCUT2D eigenvalue weighted by atomic mass is 9.99. The molecule has 0 spiro atoms. The van der Waals surface area contributed by atoms with Crippen LogP contribution in [0.4, 0.5) is 14.9 Å². The standard InChI is InChI=1S/C26H29FN4O2/c1-18(2)31(26(33)28-22-11-5-4-8-19(22)3)17-24(32)30-15-14-29-13-7-12-23(29)25(30)20-9-6-10-21(27)16-20/h4-13,16,18,25H,14-15,17H2,1-3H3,(H,28,33)/t25-/m1/s1. The number of carbonyl (C=O) groups excluding carboxylic acids is 2. The minimum atomic E-state index is -0.412. The average Bonchev–Trinajstić information content (AvgIpc) is 3.26. The molecule has 0 fully saturated rings. The van der Waals surface area contributed by atoms with Gasteiger partial charge in [0.2, 0.25) is 5.91 Å². The highest BCUT2D eigenvalue weighted by molar-refractivity contribution is 5.93. The molecule has 1 atom stereocenters. The maximum Gasteiger partial charge on any atom is 0.322 e. The van der Waals surface area contributed by atoms with E-state index in [1.54, 1.807) is 11.0 Å². The molecule has 4 rings (SSSR count). The summed E-state index contributed by atoms with van der Waals surface area (Å²) in [6, 6.07) is 16.9. The summed E-state index contributed by atoms with van der Waals surface area (Å²) in [5.74, 6) is -0.518. The molecule has 3 amide bonds. The molecule has 1 N–H and O–H groups in total. The second-order valence-electron chi connectivity index (χ2n) is 8.64. The van der Waals surface area contributed by atoms with Crippen molar-refractivity contribution in [3.63, 3.8) is 0 Å². The number of para-hydroxylation sites is 1. The van der Waals surface area contributed by atoms with Crippen LogP contribution in [0, 0.1) is 12.7 Å². The molecular formula is C26H29FN4O2. The Balaban J connectivity index is 1.58. The van der Waals surface area contributed by atoms with Crippen molar-refractivity contribution < 1.29 is 14.0 Å². The number of rotatable bonds is 5. The summed E-state index contributed by atoms with van der Waals surface area (Å²) in [7, 11) is 0. The molecule has 0 bridgehead atoms. The number of nitrogens with one attached hydrogen (secondary N) is 1. The highest BCUT2D eigenvalue weighted by atomic mass is 19.1. The molecule has 0 saturated carbocycles. The Hall–Kier alpha value is -3.61. The second kappa shape index (κ2) is 9.48. The van der Waals surface area contributed by atoms with Crippen LogP contribution >= 0.6 is 0 Å². The summed E-state index contributed by atoms with van der Waals surface area (Å²) >= 11 is 0. The number of benzene rings is 2. The summed E-state index contributed by atoms with van der Waals surface area (Å²) in [5.41, 5.74) is 3.31. The van der Waals surface area contributed by atoms with Crippen molar-refractivity contribution in [3.05, 3.63) is 89.5 Å². The van der Waals surface area contributed by atoms with Crippen molar-refractivity contribution in [3.8, 4) is 0 Å². The molecule has 3 aromatic rings. The van der Waals surface area contributed by atoms with Crippen molar-refractivity contribution in [1.82, 2.24) is 14.4 Å². The molecule has 33 heavy (non-hydrogen) atoms. The zero-order chi connectivity index (χ0) is 23.5. The summed E-state index contributed by atoms with van der Waals surface area (Å²) in [6.07, 6.45) is 1.97. The van der Waals surface area contributed by atoms with Crippen LogP contribution in [0.1, 0.15) is 36.7 Å². The third-order valence-electron chi connectivity index (χ3n) is 6.10. The van der Waals surface area contributed by atoms with E-state index in [4.69, 9.17) is 0 Å². The van der Waals surface area contributed by atoms with E-state index in [1.807, 2.05) is 69.4 Å². The molecular weight excluding hydrogens is 419 g/mol. The SMILES string of the molecule is Cc1ccccc1NC(=O)N(CC(=O)N1CCn2cccc2[C@H]1c1cccc(F)c1)C(C)C.